The molecule has 0 unspecified atom stereocenters. The fourth-order valence-corrected chi connectivity index (χ4v) is 1.11. The minimum atomic E-state index is -0.873. The Balaban J connectivity index is 3.16. The SMILES string of the molecule is C#CC(C)(C)Oc1ccc([N+](=O)[O-])cc1C#N. The molecule has 1 rings (SSSR count). The Bertz CT molecular complexity index is 536. The van der Waals surface area contributed by atoms with Gasteiger partial charge in [-0.15, -0.1) is 6.42 Å². The van der Waals surface area contributed by atoms with Gasteiger partial charge in [-0.2, -0.15) is 5.26 Å². The second-order valence-corrected chi connectivity index (χ2v) is 3.81. The summed E-state index contributed by atoms with van der Waals surface area (Å²) >= 11 is 0. The summed E-state index contributed by atoms with van der Waals surface area (Å²) in [4.78, 5) is 9.97. The van der Waals surface area contributed by atoms with Crippen LogP contribution in [0.5, 0.6) is 5.75 Å². The summed E-state index contributed by atoms with van der Waals surface area (Å²) in [6.07, 6.45) is 5.26. The molecule has 0 fully saturated rings. The first-order valence-electron chi connectivity index (χ1n) is 4.75. The maximum atomic E-state index is 10.5. The lowest BCUT2D eigenvalue weighted by atomic mass is 10.1. The zero-order valence-corrected chi connectivity index (χ0v) is 9.43. The van der Waals surface area contributed by atoms with Gasteiger partial charge < -0.3 is 4.74 Å². The van der Waals surface area contributed by atoms with Crippen molar-refractivity contribution in [3.8, 4) is 24.2 Å². The van der Waals surface area contributed by atoms with Crippen LogP contribution in [0.3, 0.4) is 0 Å². The van der Waals surface area contributed by atoms with Gasteiger partial charge >= 0.3 is 0 Å². The largest absolute Gasteiger partial charge is 0.474 e. The Hall–Kier alpha value is -2.53. The van der Waals surface area contributed by atoms with Crippen molar-refractivity contribution >= 4 is 5.69 Å². The average molecular weight is 230 g/mol. The van der Waals surface area contributed by atoms with Crippen LogP contribution in [-0.4, -0.2) is 10.5 Å². The van der Waals surface area contributed by atoms with E-state index in [0.717, 1.165) is 6.07 Å². The predicted octanol–water partition coefficient (Wildman–Crippen LogP) is 2.26. The zero-order chi connectivity index (χ0) is 13.1. The zero-order valence-electron chi connectivity index (χ0n) is 9.43. The number of hydrogen-bond donors (Lipinski definition) is 0. The van der Waals surface area contributed by atoms with Crippen LogP contribution in [0, 0.1) is 33.8 Å². The van der Waals surface area contributed by atoms with E-state index in [1.54, 1.807) is 13.8 Å². The van der Waals surface area contributed by atoms with Crippen LogP contribution >= 0.6 is 0 Å². The number of nitriles is 1. The topological polar surface area (TPSA) is 76.2 Å². The Kier molecular flexibility index (Phi) is 3.35. The summed E-state index contributed by atoms with van der Waals surface area (Å²) in [5.74, 6) is 2.65. The third-order valence-corrected chi connectivity index (χ3v) is 2.01. The molecule has 0 heterocycles. The van der Waals surface area contributed by atoms with E-state index in [1.807, 2.05) is 6.07 Å². The molecule has 0 aromatic heterocycles. The molecule has 0 aliphatic heterocycles. The van der Waals surface area contributed by atoms with Crippen LogP contribution in [0.2, 0.25) is 0 Å². The molecule has 0 aliphatic rings. The summed E-state index contributed by atoms with van der Waals surface area (Å²) < 4.78 is 5.43. The number of non-ortho nitro benzene ring substituents is 1. The number of terminal acetylenes is 1. The second kappa shape index (κ2) is 4.54. The van der Waals surface area contributed by atoms with Crippen molar-refractivity contribution in [3.63, 3.8) is 0 Å². The third-order valence-electron chi connectivity index (χ3n) is 2.01. The van der Waals surface area contributed by atoms with Crippen molar-refractivity contribution < 1.29 is 9.66 Å². The highest BCUT2D eigenvalue weighted by Crippen LogP contribution is 2.26. The molecule has 5 heteroatoms. The predicted molar refractivity (Wildman–Crippen MR) is 61.4 cm³/mol. The molecule has 1 aromatic carbocycles. The van der Waals surface area contributed by atoms with Gasteiger partial charge in [0.25, 0.3) is 5.69 Å². The van der Waals surface area contributed by atoms with Gasteiger partial charge in [0.05, 0.1) is 4.92 Å². The van der Waals surface area contributed by atoms with E-state index in [4.69, 9.17) is 16.4 Å². The fraction of sp³-hybridized carbons (Fsp3) is 0.250. The lowest BCUT2D eigenvalue weighted by molar-refractivity contribution is -0.384. The number of benzene rings is 1. The van der Waals surface area contributed by atoms with Gasteiger partial charge in [0.2, 0.25) is 0 Å². The Morgan fingerprint density at radius 1 is 1.53 bits per heavy atom. The number of ether oxygens (including phenoxy) is 1. The van der Waals surface area contributed by atoms with Crippen molar-refractivity contribution in [2.24, 2.45) is 0 Å². The molecule has 86 valence electrons. The quantitative estimate of drug-likeness (QED) is 0.453. The number of hydrogen-bond acceptors (Lipinski definition) is 4. The second-order valence-electron chi connectivity index (χ2n) is 3.81. The number of rotatable bonds is 3. The normalized spacial score (nSPS) is 10.1. The number of nitrogens with zero attached hydrogens (tertiary/aromatic N) is 2. The molecular weight excluding hydrogens is 220 g/mol. The van der Waals surface area contributed by atoms with Crippen molar-refractivity contribution in [2.45, 2.75) is 19.4 Å². The lowest BCUT2D eigenvalue weighted by Gasteiger charge is -2.20. The highest BCUT2D eigenvalue weighted by Gasteiger charge is 2.19. The molecule has 17 heavy (non-hydrogen) atoms. The van der Waals surface area contributed by atoms with E-state index >= 15 is 0 Å². The van der Waals surface area contributed by atoms with E-state index in [0.29, 0.717) is 0 Å². The van der Waals surface area contributed by atoms with E-state index in [9.17, 15) is 10.1 Å². The van der Waals surface area contributed by atoms with Crippen molar-refractivity contribution in [2.75, 3.05) is 0 Å². The molecular formula is C12H10N2O3. The van der Waals surface area contributed by atoms with Gasteiger partial charge in [-0.3, -0.25) is 10.1 Å². The molecule has 0 saturated carbocycles. The van der Waals surface area contributed by atoms with E-state index in [2.05, 4.69) is 5.92 Å². The van der Waals surface area contributed by atoms with Gasteiger partial charge in [-0.25, -0.2) is 0 Å². The number of nitro groups is 1. The van der Waals surface area contributed by atoms with Gasteiger partial charge in [-0.05, 0) is 19.9 Å². The molecule has 0 amide bonds. The van der Waals surface area contributed by atoms with Crippen LogP contribution < -0.4 is 4.74 Å². The van der Waals surface area contributed by atoms with Gasteiger partial charge in [0, 0.05) is 12.1 Å². The molecule has 0 N–H and O–H groups in total. The fourth-order valence-electron chi connectivity index (χ4n) is 1.11. The van der Waals surface area contributed by atoms with Crippen molar-refractivity contribution in [1.29, 1.82) is 5.26 Å². The monoisotopic (exact) mass is 230 g/mol. The summed E-state index contributed by atoms with van der Waals surface area (Å²) in [5.41, 5.74) is -0.947. The van der Waals surface area contributed by atoms with Crippen LogP contribution in [0.1, 0.15) is 19.4 Å². The summed E-state index contributed by atoms with van der Waals surface area (Å²) in [5, 5.41) is 19.4. The Morgan fingerprint density at radius 2 is 2.18 bits per heavy atom. The maximum Gasteiger partial charge on any atom is 0.271 e. The van der Waals surface area contributed by atoms with Crippen LogP contribution in [0.15, 0.2) is 18.2 Å². The van der Waals surface area contributed by atoms with Gasteiger partial charge in [-0.1, -0.05) is 5.92 Å². The minimum Gasteiger partial charge on any atom is -0.474 e. The van der Waals surface area contributed by atoms with Crippen LogP contribution in [0.4, 0.5) is 5.69 Å². The minimum absolute atomic E-state index is 0.0857. The van der Waals surface area contributed by atoms with E-state index in [1.165, 1.54) is 12.1 Å². The molecule has 5 nitrogen and oxygen atoms in total. The smallest absolute Gasteiger partial charge is 0.271 e. The molecule has 0 aliphatic carbocycles. The maximum absolute atomic E-state index is 10.5. The molecule has 0 bridgehead atoms. The van der Waals surface area contributed by atoms with E-state index < -0.39 is 10.5 Å². The molecule has 0 saturated heterocycles. The molecule has 0 radical (unpaired) electrons. The van der Waals surface area contributed by atoms with Crippen molar-refractivity contribution in [1.82, 2.24) is 0 Å². The summed E-state index contributed by atoms with van der Waals surface area (Å²) in [6, 6.07) is 5.63. The lowest BCUT2D eigenvalue weighted by Crippen LogP contribution is -2.25. The van der Waals surface area contributed by atoms with E-state index in [-0.39, 0.29) is 17.0 Å². The molecule has 0 spiro atoms. The first-order valence-corrected chi connectivity index (χ1v) is 4.75. The standard InChI is InChI=1S/C12H10N2O3/c1-4-12(2,3)17-11-6-5-10(14(15)16)7-9(11)8-13/h1,5-7H,2-3H3. The molecule has 1 aromatic rings. The Morgan fingerprint density at radius 3 is 2.65 bits per heavy atom. The third kappa shape index (κ3) is 2.96. The van der Waals surface area contributed by atoms with Gasteiger partial charge in [0.1, 0.15) is 17.4 Å². The summed E-state index contributed by atoms with van der Waals surface area (Å²) in [7, 11) is 0. The first-order chi connectivity index (χ1) is 7.89. The van der Waals surface area contributed by atoms with Crippen molar-refractivity contribution in [3.05, 3.63) is 33.9 Å². The average Bonchev–Trinajstić information content (AvgIpc) is 2.29. The highest BCUT2D eigenvalue weighted by molar-refractivity contribution is 5.50. The van der Waals surface area contributed by atoms with Crippen LogP contribution in [0.25, 0.3) is 0 Å². The highest BCUT2D eigenvalue weighted by atomic mass is 16.6. The number of nitro benzene ring substituents is 1. The van der Waals surface area contributed by atoms with Gasteiger partial charge in [0.15, 0.2) is 5.60 Å². The first kappa shape index (κ1) is 12.5. The Labute approximate surface area is 98.8 Å². The summed E-state index contributed by atoms with van der Waals surface area (Å²) in [6.45, 7) is 3.32. The molecule has 0 atom stereocenters. The van der Waals surface area contributed by atoms with Crippen LogP contribution in [-0.2, 0) is 0 Å².